The van der Waals surface area contributed by atoms with E-state index in [1.807, 2.05) is 30.3 Å². The average Bonchev–Trinajstić information content (AvgIpc) is 2.98. The number of halogens is 2. The minimum atomic E-state index is -0.873. The summed E-state index contributed by atoms with van der Waals surface area (Å²) in [5, 5.41) is 9.84. The number of nitrogens with one attached hydrogen (secondary N) is 2. The number of rotatable bonds is 4. The van der Waals surface area contributed by atoms with Crippen molar-refractivity contribution in [3.63, 3.8) is 0 Å². The lowest BCUT2D eigenvalue weighted by atomic mass is 10.1. The van der Waals surface area contributed by atoms with Gasteiger partial charge in [-0.25, -0.2) is 8.78 Å². The first-order chi connectivity index (χ1) is 10.3. The average molecular weight is 285 g/mol. The smallest absolute Gasteiger partial charge is 0.181 e. The van der Waals surface area contributed by atoms with Gasteiger partial charge in [0.25, 0.3) is 0 Å². The summed E-state index contributed by atoms with van der Waals surface area (Å²) in [6.07, 6.45) is 1.67. The predicted molar refractivity (Wildman–Crippen MR) is 77.7 cm³/mol. The standard InChI is InChI=1S/C16H13F2N3/c17-13-7-4-8-14(15(13)18)19-9-12-10-20-21-16(12)11-5-2-1-3-6-11/h1-8,10,19H,9H2,(H,20,21). The molecular weight excluding hydrogens is 272 g/mol. The summed E-state index contributed by atoms with van der Waals surface area (Å²) in [6.45, 7) is 0.348. The molecule has 1 heterocycles. The van der Waals surface area contributed by atoms with E-state index in [1.165, 1.54) is 12.1 Å². The van der Waals surface area contributed by atoms with Gasteiger partial charge in [-0.3, -0.25) is 5.10 Å². The third kappa shape index (κ3) is 2.76. The largest absolute Gasteiger partial charge is 0.378 e. The summed E-state index contributed by atoms with van der Waals surface area (Å²) >= 11 is 0. The van der Waals surface area contributed by atoms with E-state index in [4.69, 9.17) is 0 Å². The van der Waals surface area contributed by atoms with Crippen molar-refractivity contribution in [1.82, 2.24) is 10.2 Å². The Balaban J connectivity index is 1.81. The molecule has 1 aromatic heterocycles. The van der Waals surface area contributed by atoms with Crippen LogP contribution in [0.2, 0.25) is 0 Å². The van der Waals surface area contributed by atoms with Crippen LogP contribution in [0.15, 0.2) is 54.7 Å². The first-order valence-corrected chi connectivity index (χ1v) is 6.51. The molecule has 2 aromatic carbocycles. The van der Waals surface area contributed by atoms with Crippen molar-refractivity contribution < 1.29 is 8.78 Å². The van der Waals surface area contributed by atoms with E-state index in [-0.39, 0.29) is 5.69 Å². The summed E-state index contributed by atoms with van der Waals surface area (Å²) in [6, 6.07) is 13.8. The Morgan fingerprint density at radius 2 is 1.81 bits per heavy atom. The zero-order chi connectivity index (χ0) is 14.7. The second-order valence-electron chi connectivity index (χ2n) is 4.59. The van der Waals surface area contributed by atoms with Crippen LogP contribution in [0.3, 0.4) is 0 Å². The highest BCUT2D eigenvalue weighted by molar-refractivity contribution is 5.63. The van der Waals surface area contributed by atoms with E-state index in [1.54, 1.807) is 6.20 Å². The molecule has 106 valence electrons. The Bertz CT molecular complexity index is 738. The number of nitrogens with zero attached hydrogens (tertiary/aromatic N) is 1. The minimum absolute atomic E-state index is 0.134. The van der Waals surface area contributed by atoms with Crippen molar-refractivity contribution in [3.05, 3.63) is 71.9 Å². The number of hydrogen-bond acceptors (Lipinski definition) is 2. The van der Waals surface area contributed by atoms with Gasteiger partial charge >= 0.3 is 0 Å². The van der Waals surface area contributed by atoms with Crippen LogP contribution in [0.4, 0.5) is 14.5 Å². The number of aromatic nitrogens is 2. The highest BCUT2D eigenvalue weighted by Crippen LogP contribution is 2.23. The fourth-order valence-corrected chi connectivity index (χ4v) is 2.13. The molecule has 0 saturated heterocycles. The Labute approximate surface area is 120 Å². The molecule has 0 spiro atoms. The van der Waals surface area contributed by atoms with E-state index in [9.17, 15) is 8.78 Å². The van der Waals surface area contributed by atoms with Crippen LogP contribution in [0, 0.1) is 11.6 Å². The molecule has 3 rings (SSSR count). The van der Waals surface area contributed by atoms with E-state index in [2.05, 4.69) is 15.5 Å². The van der Waals surface area contributed by atoms with Crippen LogP contribution < -0.4 is 5.32 Å². The van der Waals surface area contributed by atoms with Gasteiger partial charge in [0.1, 0.15) is 0 Å². The SMILES string of the molecule is Fc1cccc(NCc2cn[nH]c2-c2ccccc2)c1F. The first-order valence-electron chi connectivity index (χ1n) is 6.51. The van der Waals surface area contributed by atoms with Gasteiger partial charge in [-0.05, 0) is 17.7 Å². The third-order valence-electron chi connectivity index (χ3n) is 3.20. The molecule has 0 saturated carbocycles. The molecule has 0 atom stereocenters. The number of aromatic amines is 1. The van der Waals surface area contributed by atoms with Crippen molar-refractivity contribution in [2.45, 2.75) is 6.54 Å². The maximum Gasteiger partial charge on any atom is 0.181 e. The Morgan fingerprint density at radius 1 is 1.00 bits per heavy atom. The van der Waals surface area contributed by atoms with Crippen molar-refractivity contribution in [1.29, 1.82) is 0 Å². The normalized spacial score (nSPS) is 10.6. The van der Waals surface area contributed by atoms with Crippen LogP contribution in [-0.2, 0) is 6.54 Å². The van der Waals surface area contributed by atoms with Gasteiger partial charge in [0.05, 0.1) is 17.6 Å². The fourth-order valence-electron chi connectivity index (χ4n) is 2.13. The zero-order valence-corrected chi connectivity index (χ0v) is 11.1. The quantitative estimate of drug-likeness (QED) is 0.761. The predicted octanol–water partition coefficient (Wildman–Crippen LogP) is 3.97. The molecule has 2 N–H and O–H groups in total. The lowest BCUT2D eigenvalue weighted by Crippen LogP contribution is -2.03. The van der Waals surface area contributed by atoms with E-state index < -0.39 is 11.6 Å². The second-order valence-corrected chi connectivity index (χ2v) is 4.59. The maximum absolute atomic E-state index is 13.6. The molecule has 0 amide bonds. The van der Waals surface area contributed by atoms with Gasteiger partial charge in [-0.15, -0.1) is 0 Å². The zero-order valence-electron chi connectivity index (χ0n) is 11.1. The summed E-state index contributed by atoms with van der Waals surface area (Å²) in [4.78, 5) is 0. The molecule has 0 aliphatic carbocycles. The number of hydrogen-bond donors (Lipinski definition) is 2. The molecule has 0 aliphatic rings. The molecule has 0 fully saturated rings. The summed E-state index contributed by atoms with van der Waals surface area (Å²) in [7, 11) is 0. The van der Waals surface area contributed by atoms with Crippen LogP contribution in [0.1, 0.15) is 5.56 Å². The van der Waals surface area contributed by atoms with Gasteiger partial charge in [-0.2, -0.15) is 5.10 Å². The highest BCUT2D eigenvalue weighted by atomic mass is 19.2. The Hall–Kier alpha value is -2.69. The van der Waals surface area contributed by atoms with Crippen LogP contribution in [-0.4, -0.2) is 10.2 Å². The lowest BCUT2D eigenvalue weighted by Gasteiger charge is -2.08. The molecule has 21 heavy (non-hydrogen) atoms. The van der Waals surface area contributed by atoms with Gasteiger partial charge in [-0.1, -0.05) is 36.4 Å². The lowest BCUT2D eigenvalue weighted by molar-refractivity contribution is 0.511. The van der Waals surface area contributed by atoms with Gasteiger partial charge < -0.3 is 5.32 Å². The van der Waals surface area contributed by atoms with Crippen LogP contribution in [0.5, 0.6) is 0 Å². The Morgan fingerprint density at radius 3 is 2.62 bits per heavy atom. The monoisotopic (exact) mass is 285 g/mol. The van der Waals surface area contributed by atoms with Crippen molar-refractivity contribution in [2.75, 3.05) is 5.32 Å². The second kappa shape index (κ2) is 5.75. The molecule has 3 nitrogen and oxygen atoms in total. The summed E-state index contributed by atoms with van der Waals surface area (Å²) in [5.74, 6) is -1.74. The van der Waals surface area contributed by atoms with Gasteiger partial charge in [0.2, 0.25) is 0 Å². The molecule has 0 radical (unpaired) electrons. The van der Waals surface area contributed by atoms with Crippen molar-refractivity contribution in [3.8, 4) is 11.3 Å². The fraction of sp³-hybridized carbons (Fsp3) is 0.0625. The van der Waals surface area contributed by atoms with E-state index in [0.717, 1.165) is 22.9 Å². The van der Waals surface area contributed by atoms with E-state index >= 15 is 0 Å². The number of benzene rings is 2. The first kappa shape index (κ1) is 13.3. The summed E-state index contributed by atoms with van der Waals surface area (Å²) < 4.78 is 26.7. The molecule has 3 aromatic rings. The van der Waals surface area contributed by atoms with E-state index in [0.29, 0.717) is 6.54 Å². The number of H-pyrrole nitrogens is 1. The van der Waals surface area contributed by atoms with Crippen LogP contribution in [0.25, 0.3) is 11.3 Å². The van der Waals surface area contributed by atoms with Gasteiger partial charge in [0, 0.05) is 12.1 Å². The van der Waals surface area contributed by atoms with Gasteiger partial charge in [0.15, 0.2) is 11.6 Å². The minimum Gasteiger partial charge on any atom is -0.378 e. The maximum atomic E-state index is 13.6. The highest BCUT2D eigenvalue weighted by Gasteiger charge is 2.10. The molecule has 5 heteroatoms. The van der Waals surface area contributed by atoms with Crippen molar-refractivity contribution in [2.24, 2.45) is 0 Å². The molecule has 0 unspecified atom stereocenters. The van der Waals surface area contributed by atoms with Crippen molar-refractivity contribution >= 4 is 5.69 Å². The summed E-state index contributed by atoms with van der Waals surface area (Å²) in [5.41, 5.74) is 2.87. The van der Waals surface area contributed by atoms with Crippen LogP contribution >= 0.6 is 0 Å². The molecular formula is C16H13F2N3. The topological polar surface area (TPSA) is 40.7 Å². The molecule has 0 bridgehead atoms. The third-order valence-corrected chi connectivity index (χ3v) is 3.20. The number of anilines is 1. The Kier molecular flexibility index (Phi) is 3.64. The molecule has 0 aliphatic heterocycles.